The van der Waals surface area contributed by atoms with Gasteiger partial charge >= 0.3 is 0 Å². The van der Waals surface area contributed by atoms with Gasteiger partial charge in [-0.3, -0.25) is 4.79 Å². The third kappa shape index (κ3) is 3.27. The van der Waals surface area contributed by atoms with Gasteiger partial charge in [0.15, 0.2) is 0 Å². The molecule has 2 aliphatic heterocycles. The Bertz CT molecular complexity index is 814. The van der Waals surface area contributed by atoms with Crippen LogP contribution in [0.1, 0.15) is 43.4 Å². The number of nitrogens with zero attached hydrogens (tertiary/aromatic N) is 2. The van der Waals surface area contributed by atoms with E-state index in [1.54, 1.807) is 6.07 Å². The number of amides is 1. The van der Waals surface area contributed by atoms with Gasteiger partial charge in [-0.25, -0.2) is 0 Å². The van der Waals surface area contributed by atoms with Crippen molar-refractivity contribution in [1.29, 1.82) is 5.26 Å². The Morgan fingerprint density at radius 3 is 3.04 bits per heavy atom. The second kappa shape index (κ2) is 6.89. The van der Waals surface area contributed by atoms with E-state index in [9.17, 15) is 4.79 Å². The van der Waals surface area contributed by atoms with Crippen molar-refractivity contribution in [1.82, 2.24) is 10.2 Å². The number of rotatable bonds is 4. The molecule has 2 aromatic rings. The summed E-state index contributed by atoms with van der Waals surface area (Å²) < 4.78 is 5.90. The number of hydrogen-bond donors (Lipinski definition) is 1. The lowest BCUT2D eigenvalue weighted by Crippen LogP contribution is -2.45. The molecule has 5 nitrogen and oxygen atoms in total. The quantitative estimate of drug-likeness (QED) is 0.931. The van der Waals surface area contributed by atoms with Gasteiger partial charge in [0.25, 0.3) is 0 Å². The average molecular weight is 337 g/mol. The first-order valence-electron chi connectivity index (χ1n) is 9.21. The van der Waals surface area contributed by atoms with E-state index in [-0.39, 0.29) is 11.9 Å². The number of fused-ring (bicyclic) bond motifs is 1. The molecule has 3 heterocycles. The summed E-state index contributed by atoms with van der Waals surface area (Å²) in [7, 11) is 0. The maximum Gasteiger partial charge on any atom is 0.239 e. The summed E-state index contributed by atoms with van der Waals surface area (Å²) in [5.41, 5.74) is 1.47. The minimum absolute atomic E-state index is 0.0243. The average Bonchev–Trinajstić information content (AvgIpc) is 3.38. The second-order valence-corrected chi connectivity index (χ2v) is 7.09. The number of likely N-dealkylation sites (tertiary alicyclic amines) is 1. The molecule has 2 aliphatic rings. The molecular weight excluding hydrogens is 314 g/mol. The number of hydrogen-bond acceptors (Lipinski definition) is 4. The maximum atomic E-state index is 12.7. The fraction of sp³-hybridized carbons (Fsp3) is 0.500. The topological polar surface area (TPSA) is 69.3 Å². The van der Waals surface area contributed by atoms with Crippen LogP contribution in [0.2, 0.25) is 0 Å². The molecule has 1 aromatic carbocycles. The molecule has 0 bridgehead atoms. The Hall–Kier alpha value is -2.32. The van der Waals surface area contributed by atoms with Gasteiger partial charge in [0, 0.05) is 24.4 Å². The fourth-order valence-corrected chi connectivity index (χ4v) is 4.12. The summed E-state index contributed by atoms with van der Waals surface area (Å²) in [4.78, 5) is 14.8. The predicted octanol–water partition coefficient (Wildman–Crippen LogP) is 2.98. The van der Waals surface area contributed by atoms with Crippen LogP contribution >= 0.6 is 0 Å². The van der Waals surface area contributed by atoms with Crippen LogP contribution < -0.4 is 5.32 Å². The molecular formula is C20H23N3O2. The Balaban J connectivity index is 1.41. The number of benzene rings is 1. The van der Waals surface area contributed by atoms with Crippen molar-refractivity contribution in [3.05, 3.63) is 35.6 Å². The lowest BCUT2D eigenvalue weighted by molar-refractivity contribution is -0.134. The number of aryl methyl sites for hydroxylation is 1. The second-order valence-electron chi connectivity index (χ2n) is 7.09. The van der Waals surface area contributed by atoms with Crippen LogP contribution in [-0.2, 0) is 11.2 Å². The fourth-order valence-electron chi connectivity index (χ4n) is 4.12. The van der Waals surface area contributed by atoms with E-state index in [1.807, 2.05) is 18.2 Å². The van der Waals surface area contributed by atoms with E-state index >= 15 is 0 Å². The summed E-state index contributed by atoms with van der Waals surface area (Å²) in [5, 5.41) is 13.3. The molecule has 0 unspecified atom stereocenters. The highest BCUT2D eigenvalue weighted by atomic mass is 16.3. The Morgan fingerprint density at radius 1 is 1.32 bits per heavy atom. The standard InChI is InChI=1S/C20H23N3O2/c21-13-14-5-8-19-15(11-14)12-17(25-19)7-6-16-3-2-10-23(16)20(24)18-4-1-9-22-18/h5,8,11-12,16,18,22H,1-4,6-7,9-10H2/t16-,18+/m0/s1. The van der Waals surface area contributed by atoms with E-state index in [2.05, 4.69) is 16.3 Å². The number of nitriles is 1. The zero-order chi connectivity index (χ0) is 17.2. The van der Waals surface area contributed by atoms with Crippen molar-refractivity contribution in [2.24, 2.45) is 0 Å². The highest BCUT2D eigenvalue weighted by molar-refractivity contribution is 5.82. The lowest BCUT2D eigenvalue weighted by atomic mass is 10.1. The normalized spacial score (nSPS) is 23.2. The summed E-state index contributed by atoms with van der Waals surface area (Å²) in [6.07, 6.45) is 5.99. The van der Waals surface area contributed by atoms with Crippen LogP contribution in [-0.4, -0.2) is 36.0 Å². The van der Waals surface area contributed by atoms with E-state index in [4.69, 9.17) is 9.68 Å². The van der Waals surface area contributed by atoms with Crippen LogP contribution in [0.25, 0.3) is 11.0 Å². The van der Waals surface area contributed by atoms with Crippen LogP contribution in [0.4, 0.5) is 0 Å². The third-order valence-corrected chi connectivity index (χ3v) is 5.44. The molecule has 25 heavy (non-hydrogen) atoms. The van der Waals surface area contributed by atoms with E-state index < -0.39 is 0 Å². The van der Waals surface area contributed by atoms with Crippen molar-refractivity contribution in [2.45, 2.75) is 50.6 Å². The molecule has 1 N–H and O–H groups in total. The molecule has 2 fully saturated rings. The molecule has 0 radical (unpaired) electrons. The highest BCUT2D eigenvalue weighted by Crippen LogP contribution is 2.26. The monoisotopic (exact) mass is 337 g/mol. The Labute approximate surface area is 147 Å². The van der Waals surface area contributed by atoms with E-state index in [0.717, 1.165) is 68.3 Å². The van der Waals surface area contributed by atoms with Crippen LogP contribution in [0, 0.1) is 11.3 Å². The number of carbonyl (C=O) groups is 1. The van der Waals surface area contributed by atoms with Gasteiger partial charge in [-0.05, 0) is 62.9 Å². The third-order valence-electron chi connectivity index (χ3n) is 5.44. The smallest absolute Gasteiger partial charge is 0.239 e. The predicted molar refractivity (Wildman–Crippen MR) is 95.0 cm³/mol. The maximum absolute atomic E-state index is 12.7. The first kappa shape index (κ1) is 16.2. The molecule has 1 aromatic heterocycles. The van der Waals surface area contributed by atoms with E-state index in [1.165, 1.54) is 0 Å². The number of furan rings is 1. The molecule has 5 heteroatoms. The van der Waals surface area contributed by atoms with E-state index in [0.29, 0.717) is 11.6 Å². The Morgan fingerprint density at radius 2 is 2.24 bits per heavy atom. The van der Waals surface area contributed by atoms with Crippen molar-refractivity contribution >= 4 is 16.9 Å². The zero-order valence-electron chi connectivity index (χ0n) is 14.3. The molecule has 2 saturated heterocycles. The minimum atomic E-state index is 0.0243. The van der Waals surface area contributed by atoms with Crippen LogP contribution in [0.15, 0.2) is 28.7 Å². The molecule has 0 aliphatic carbocycles. The molecule has 1 amide bonds. The SMILES string of the molecule is N#Cc1ccc2oc(CC[C@@H]3CCCN3C(=O)[C@H]3CCCN3)cc2c1. The zero-order valence-corrected chi connectivity index (χ0v) is 14.3. The number of carbonyl (C=O) groups excluding carboxylic acids is 1. The number of nitrogens with one attached hydrogen (secondary N) is 1. The van der Waals surface area contributed by atoms with Gasteiger partial charge in [0.1, 0.15) is 11.3 Å². The van der Waals surface area contributed by atoms with Gasteiger partial charge in [-0.1, -0.05) is 0 Å². The highest BCUT2D eigenvalue weighted by Gasteiger charge is 2.33. The lowest BCUT2D eigenvalue weighted by Gasteiger charge is -2.27. The van der Waals surface area contributed by atoms with Crippen molar-refractivity contribution < 1.29 is 9.21 Å². The van der Waals surface area contributed by atoms with Gasteiger partial charge in [-0.15, -0.1) is 0 Å². The van der Waals surface area contributed by atoms with Crippen molar-refractivity contribution in [3.63, 3.8) is 0 Å². The van der Waals surface area contributed by atoms with Gasteiger partial charge in [0.2, 0.25) is 5.91 Å². The molecule has 130 valence electrons. The van der Waals surface area contributed by atoms with Crippen LogP contribution in [0.3, 0.4) is 0 Å². The largest absolute Gasteiger partial charge is 0.461 e. The minimum Gasteiger partial charge on any atom is -0.461 e. The van der Waals surface area contributed by atoms with Crippen LogP contribution in [0.5, 0.6) is 0 Å². The molecule has 0 saturated carbocycles. The van der Waals surface area contributed by atoms with Gasteiger partial charge in [-0.2, -0.15) is 5.26 Å². The summed E-state index contributed by atoms with van der Waals surface area (Å²) in [6, 6.07) is 10.0. The Kier molecular flexibility index (Phi) is 4.46. The molecule has 0 spiro atoms. The van der Waals surface area contributed by atoms with Gasteiger partial charge in [0.05, 0.1) is 17.7 Å². The van der Waals surface area contributed by atoms with Gasteiger partial charge < -0.3 is 14.6 Å². The van der Waals surface area contributed by atoms with Crippen molar-refractivity contribution in [3.8, 4) is 6.07 Å². The molecule has 4 rings (SSSR count). The first-order chi connectivity index (χ1) is 12.2. The summed E-state index contributed by atoms with van der Waals surface area (Å²) in [5.74, 6) is 1.21. The molecule has 2 atom stereocenters. The van der Waals surface area contributed by atoms with Crippen molar-refractivity contribution in [2.75, 3.05) is 13.1 Å². The first-order valence-corrected chi connectivity index (χ1v) is 9.21. The summed E-state index contributed by atoms with van der Waals surface area (Å²) in [6.45, 7) is 1.84. The summed E-state index contributed by atoms with van der Waals surface area (Å²) >= 11 is 0.